The highest BCUT2D eigenvalue weighted by molar-refractivity contribution is 8.00. The standard InChI is InChI=1S/C23H22N4O4S2/c1-13-8-7-9-14(2)18(13)24-17(28)12-26-20-19(33-22(25-20)32-4)21(29)27(23(26)30)15-10-5-6-11-16(15)31-3/h5-11H,12H2,1-4H3,(H,24,28). The predicted octanol–water partition coefficient (Wildman–Crippen LogP) is 3.59. The molecule has 0 aliphatic heterocycles. The van der Waals surface area contributed by atoms with Crippen LogP contribution in [0.4, 0.5) is 5.69 Å². The fraction of sp³-hybridized carbons (Fsp3) is 0.217. The van der Waals surface area contributed by atoms with Gasteiger partial charge in [-0.25, -0.2) is 14.3 Å². The van der Waals surface area contributed by atoms with Crippen molar-refractivity contribution in [3.63, 3.8) is 0 Å². The van der Waals surface area contributed by atoms with Gasteiger partial charge in [0, 0.05) is 5.69 Å². The summed E-state index contributed by atoms with van der Waals surface area (Å²) in [5.74, 6) is -0.0167. The van der Waals surface area contributed by atoms with E-state index >= 15 is 0 Å². The molecule has 0 radical (unpaired) electrons. The van der Waals surface area contributed by atoms with Gasteiger partial charge < -0.3 is 10.1 Å². The number of benzene rings is 2. The number of carbonyl (C=O) groups is 1. The summed E-state index contributed by atoms with van der Waals surface area (Å²) in [6.07, 6.45) is 1.84. The highest BCUT2D eigenvalue weighted by Crippen LogP contribution is 2.27. The predicted molar refractivity (Wildman–Crippen MR) is 132 cm³/mol. The van der Waals surface area contributed by atoms with Gasteiger partial charge in [0.25, 0.3) is 5.56 Å². The van der Waals surface area contributed by atoms with Gasteiger partial charge in [-0.05, 0) is 43.4 Å². The van der Waals surface area contributed by atoms with Gasteiger partial charge in [-0.15, -0.1) is 11.3 Å². The number of nitrogens with one attached hydrogen (secondary N) is 1. The molecule has 1 amide bonds. The van der Waals surface area contributed by atoms with E-state index in [9.17, 15) is 14.4 Å². The van der Waals surface area contributed by atoms with E-state index < -0.39 is 11.2 Å². The van der Waals surface area contributed by atoms with Crippen molar-refractivity contribution in [2.24, 2.45) is 0 Å². The second-order valence-electron chi connectivity index (χ2n) is 7.33. The Bertz CT molecular complexity index is 1470. The molecule has 33 heavy (non-hydrogen) atoms. The van der Waals surface area contributed by atoms with Crippen molar-refractivity contribution in [1.82, 2.24) is 14.1 Å². The fourth-order valence-corrected chi connectivity index (χ4v) is 5.10. The molecule has 2 heterocycles. The second-order valence-corrected chi connectivity index (χ2v) is 9.39. The zero-order valence-electron chi connectivity index (χ0n) is 18.5. The molecule has 4 rings (SSSR count). The van der Waals surface area contributed by atoms with Crippen molar-refractivity contribution < 1.29 is 9.53 Å². The van der Waals surface area contributed by atoms with Crippen LogP contribution in [-0.2, 0) is 11.3 Å². The summed E-state index contributed by atoms with van der Waals surface area (Å²) >= 11 is 2.56. The molecule has 1 N–H and O–H groups in total. The fourth-order valence-electron chi connectivity index (χ4n) is 3.61. The second kappa shape index (κ2) is 9.24. The number of ether oxygens (including phenoxy) is 1. The Labute approximate surface area is 197 Å². The molecule has 0 unspecified atom stereocenters. The lowest BCUT2D eigenvalue weighted by Gasteiger charge is -2.15. The number of para-hydroxylation sites is 3. The van der Waals surface area contributed by atoms with Crippen LogP contribution in [0.1, 0.15) is 11.1 Å². The van der Waals surface area contributed by atoms with Gasteiger partial charge in [-0.2, -0.15) is 0 Å². The van der Waals surface area contributed by atoms with Crippen LogP contribution in [0.3, 0.4) is 0 Å². The molecule has 0 saturated carbocycles. The van der Waals surface area contributed by atoms with Gasteiger partial charge in [-0.3, -0.25) is 14.2 Å². The summed E-state index contributed by atoms with van der Waals surface area (Å²) in [5, 5.41) is 2.90. The first kappa shape index (κ1) is 22.8. The summed E-state index contributed by atoms with van der Waals surface area (Å²) in [5.41, 5.74) is 1.88. The number of methoxy groups -OCH3 is 1. The number of amides is 1. The van der Waals surface area contributed by atoms with Crippen molar-refractivity contribution in [2.45, 2.75) is 24.7 Å². The summed E-state index contributed by atoms with van der Waals surface area (Å²) < 4.78 is 8.57. The average molecular weight is 483 g/mol. The molecule has 0 atom stereocenters. The van der Waals surface area contributed by atoms with Crippen LogP contribution in [0.5, 0.6) is 5.75 Å². The normalized spacial score (nSPS) is 11.0. The lowest BCUT2D eigenvalue weighted by Crippen LogP contribution is -2.40. The maximum atomic E-state index is 13.5. The average Bonchev–Trinajstić information content (AvgIpc) is 3.24. The van der Waals surface area contributed by atoms with Crippen molar-refractivity contribution in [1.29, 1.82) is 0 Å². The number of thiazole rings is 1. The SMILES string of the molecule is COc1ccccc1-n1c(=O)c2sc(SC)nc2n(CC(=O)Nc2c(C)cccc2C)c1=O. The quantitative estimate of drug-likeness (QED) is 0.422. The number of hydrogen-bond donors (Lipinski definition) is 1. The number of fused-ring (bicyclic) bond motifs is 1. The van der Waals surface area contributed by atoms with E-state index in [0.29, 0.717) is 26.2 Å². The number of anilines is 1. The molecule has 170 valence electrons. The molecule has 2 aromatic heterocycles. The van der Waals surface area contributed by atoms with Crippen LogP contribution in [0, 0.1) is 13.8 Å². The minimum Gasteiger partial charge on any atom is -0.495 e. The zero-order chi connectivity index (χ0) is 23.7. The molecule has 0 fully saturated rings. The third-order valence-electron chi connectivity index (χ3n) is 5.21. The third-order valence-corrected chi connectivity index (χ3v) is 7.23. The first-order valence-corrected chi connectivity index (χ1v) is 12.1. The van der Waals surface area contributed by atoms with Gasteiger partial charge in [0.15, 0.2) is 9.99 Å². The Balaban J connectivity index is 1.89. The van der Waals surface area contributed by atoms with Crippen LogP contribution in [0.25, 0.3) is 16.0 Å². The monoisotopic (exact) mass is 482 g/mol. The number of carbonyl (C=O) groups excluding carboxylic acids is 1. The van der Waals surface area contributed by atoms with Crippen molar-refractivity contribution in [2.75, 3.05) is 18.7 Å². The summed E-state index contributed by atoms with van der Waals surface area (Å²) in [6.45, 7) is 3.51. The van der Waals surface area contributed by atoms with E-state index in [4.69, 9.17) is 4.74 Å². The molecule has 4 aromatic rings. The van der Waals surface area contributed by atoms with Crippen LogP contribution in [0.2, 0.25) is 0 Å². The van der Waals surface area contributed by atoms with Crippen LogP contribution < -0.4 is 21.3 Å². The van der Waals surface area contributed by atoms with Crippen molar-refractivity contribution >= 4 is 45.0 Å². The maximum absolute atomic E-state index is 13.5. The lowest BCUT2D eigenvalue weighted by atomic mass is 10.1. The Morgan fingerprint density at radius 1 is 1.12 bits per heavy atom. The third kappa shape index (κ3) is 4.19. The molecule has 2 aromatic carbocycles. The Hall–Kier alpha value is -3.37. The minimum absolute atomic E-state index is 0.196. The number of nitrogens with zero attached hydrogens (tertiary/aromatic N) is 3. The van der Waals surface area contributed by atoms with Crippen LogP contribution in [-0.4, -0.2) is 33.4 Å². The molecule has 0 aliphatic rings. The van der Waals surface area contributed by atoms with E-state index in [1.54, 1.807) is 24.3 Å². The molecule has 0 saturated heterocycles. The molecular formula is C23H22N4O4S2. The highest BCUT2D eigenvalue weighted by atomic mass is 32.2. The zero-order valence-corrected chi connectivity index (χ0v) is 20.2. The molecule has 8 nitrogen and oxygen atoms in total. The first-order valence-electron chi connectivity index (χ1n) is 10.1. The van der Waals surface area contributed by atoms with Crippen LogP contribution >= 0.6 is 23.1 Å². The number of rotatable bonds is 6. The van der Waals surface area contributed by atoms with E-state index in [-0.39, 0.29) is 18.1 Å². The number of aromatic nitrogens is 3. The largest absolute Gasteiger partial charge is 0.495 e. The Morgan fingerprint density at radius 3 is 2.48 bits per heavy atom. The molecule has 10 heteroatoms. The number of thioether (sulfide) groups is 1. The summed E-state index contributed by atoms with van der Waals surface area (Å²) in [4.78, 5) is 44.3. The van der Waals surface area contributed by atoms with Gasteiger partial charge in [0.2, 0.25) is 5.91 Å². The number of aryl methyl sites for hydroxylation is 2. The molecule has 0 bridgehead atoms. The smallest absolute Gasteiger partial charge is 0.337 e. The molecule has 0 aliphatic carbocycles. The van der Waals surface area contributed by atoms with Crippen LogP contribution in [0.15, 0.2) is 56.4 Å². The van der Waals surface area contributed by atoms with E-state index in [1.807, 2.05) is 38.3 Å². The maximum Gasteiger partial charge on any atom is 0.337 e. The number of hydrogen-bond acceptors (Lipinski definition) is 7. The van der Waals surface area contributed by atoms with Crippen molar-refractivity contribution in [3.8, 4) is 11.4 Å². The van der Waals surface area contributed by atoms with E-state index in [0.717, 1.165) is 15.7 Å². The van der Waals surface area contributed by atoms with E-state index in [1.165, 1.54) is 34.8 Å². The molecular weight excluding hydrogens is 460 g/mol. The Kier molecular flexibility index (Phi) is 6.39. The first-order chi connectivity index (χ1) is 15.8. The minimum atomic E-state index is -0.661. The van der Waals surface area contributed by atoms with Gasteiger partial charge >= 0.3 is 5.69 Å². The molecule has 0 spiro atoms. The Morgan fingerprint density at radius 2 is 1.82 bits per heavy atom. The lowest BCUT2D eigenvalue weighted by molar-refractivity contribution is -0.116. The van der Waals surface area contributed by atoms with E-state index in [2.05, 4.69) is 10.3 Å². The summed E-state index contributed by atoms with van der Waals surface area (Å²) in [7, 11) is 1.47. The topological polar surface area (TPSA) is 95.2 Å². The summed E-state index contributed by atoms with van der Waals surface area (Å²) in [6, 6.07) is 12.5. The van der Waals surface area contributed by atoms with Gasteiger partial charge in [-0.1, -0.05) is 42.1 Å². The van der Waals surface area contributed by atoms with Gasteiger partial charge in [0.05, 0.1) is 12.8 Å². The van der Waals surface area contributed by atoms with Gasteiger partial charge in [0.1, 0.15) is 17.0 Å². The van der Waals surface area contributed by atoms with Crippen molar-refractivity contribution in [3.05, 3.63) is 74.4 Å². The highest BCUT2D eigenvalue weighted by Gasteiger charge is 2.22.